The SMILES string of the molecule is NC(=O)C1CCN(c2ccc(NC(=O)c3csc(Cc4ccccc4)n3)cc2)CC1. The molecule has 154 valence electrons. The number of piperidine rings is 1. The Morgan fingerprint density at radius 2 is 1.77 bits per heavy atom. The van der Waals surface area contributed by atoms with Crippen LogP contribution < -0.4 is 16.0 Å². The van der Waals surface area contributed by atoms with E-state index in [1.807, 2.05) is 42.5 Å². The van der Waals surface area contributed by atoms with Crippen LogP contribution in [0.2, 0.25) is 0 Å². The molecule has 0 bridgehead atoms. The Kier molecular flexibility index (Phi) is 6.09. The van der Waals surface area contributed by atoms with Crippen LogP contribution in [0.1, 0.15) is 33.9 Å². The minimum atomic E-state index is -0.208. The van der Waals surface area contributed by atoms with Crippen LogP contribution in [-0.2, 0) is 11.2 Å². The average molecular weight is 421 g/mol. The third-order valence-corrected chi connectivity index (χ3v) is 6.22. The van der Waals surface area contributed by atoms with Gasteiger partial charge < -0.3 is 16.0 Å². The van der Waals surface area contributed by atoms with E-state index in [1.165, 1.54) is 16.9 Å². The van der Waals surface area contributed by atoms with E-state index in [1.54, 1.807) is 5.38 Å². The number of carbonyl (C=O) groups is 2. The van der Waals surface area contributed by atoms with Gasteiger partial charge in [0.25, 0.3) is 5.91 Å². The zero-order valence-electron chi connectivity index (χ0n) is 16.6. The third kappa shape index (κ3) is 4.86. The highest BCUT2D eigenvalue weighted by Gasteiger charge is 2.23. The molecule has 0 unspecified atom stereocenters. The molecule has 1 fully saturated rings. The van der Waals surface area contributed by atoms with E-state index in [4.69, 9.17) is 5.73 Å². The second-order valence-corrected chi connectivity index (χ2v) is 8.40. The van der Waals surface area contributed by atoms with Crippen molar-refractivity contribution >= 4 is 34.5 Å². The van der Waals surface area contributed by atoms with Crippen LogP contribution in [0.3, 0.4) is 0 Å². The van der Waals surface area contributed by atoms with Crippen LogP contribution in [0.5, 0.6) is 0 Å². The van der Waals surface area contributed by atoms with E-state index < -0.39 is 0 Å². The molecule has 2 amide bonds. The molecular formula is C23H24N4O2S. The fourth-order valence-electron chi connectivity index (χ4n) is 3.64. The molecule has 3 aromatic rings. The Balaban J connectivity index is 1.33. The second-order valence-electron chi connectivity index (χ2n) is 7.45. The molecule has 0 spiro atoms. The highest BCUT2D eigenvalue weighted by molar-refractivity contribution is 7.09. The van der Waals surface area contributed by atoms with Gasteiger partial charge in [0.05, 0.1) is 5.01 Å². The fraction of sp³-hybridized carbons (Fsp3) is 0.261. The van der Waals surface area contributed by atoms with Crippen LogP contribution in [0.4, 0.5) is 11.4 Å². The number of carbonyl (C=O) groups excluding carboxylic acids is 2. The lowest BCUT2D eigenvalue weighted by atomic mass is 9.96. The Morgan fingerprint density at radius 1 is 1.07 bits per heavy atom. The highest BCUT2D eigenvalue weighted by Crippen LogP contribution is 2.25. The van der Waals surface area contributed by atoms with E-state index in [0.717, 1.165) is 48.7 Å². The quantitative estimate of drug-likeness (QED) is 0.637. The van der Waals surface area contributed by atoms with Crippen molar-refractivity contribution in [3.05, 3.63) is 76.2 Å². The molecule has 1 aromatic heterocycles. The molecule has 7 heteroatoms. The van der Waals surface area contributed by atoms with Crippen molar-refractivity contribution in [3.8, 4) is 0 Å². The molecule has 1 aliphatic rings. The van der Waals surface area contributed by atoms with Crippen molar-refractivity contribution < 1.29 is 9.59 Å². The number of benzene rings is 2. The monoisotopic (exact) mass is 420 g/mol. The molecule has 0 radical (unpaired) electrons. The van der Waals surface area contributed by atoms with E-state index in [-0.39, 0.29) is 17.7 Å². The lowest BCUT2D eigenvalue weighted by Crippen LogP contribution is -2.38. The smallest absolute Gasteiger partial charge is 0.275 e. The average Bonchev–Trinajstić information content (AvgIpc) is 3.24. The zero-order valence-corrected chi connectivity index (χ0v) is 17.4. The zero-order chi connectivity index (χ0) is 20.9. The Hall–Kier alpha value is -3.19. The summed E-state index contributed by atoms with van der Waals surface area (Å²) in [7, 11) is 0. The number of primary amides is 1. The van der Waals surface area contributed by atoms with E-state index in [2.05, 4.69) is 27.3 Å². The number of thiazole rings is 1. The summed E-state index contributed by atoms with van der Waals surface area (Å²) in [6.07, 6.45) is 2.28. The summed E-state index contributed by atoms with van der Waals surface area (Å²) in [5, 5.41) is 5.63. The van der Waals surface area contributed by atoms with Crippen molar-refractivity contribution in [3.63, 3.8) is 0 Å². The van der Waals surface area contributed by atoms with Crippen molar-refractivity contribution in [2.45, 2.75) is 19.3 Å². The minimum Gasteiger partial charge on any atom is -0.371 e. The van der Waals surface area contributed by atoms with Gasteiger partial charge in [-0.2, -0.15) is 0 Å². The molecule has 3 N–H and O–H groups in total. The number of nitrogens with one attached hydrogen (secondary N) is 1. The van der Waals surface area contributed by atoms with E-state index in [9.17, 15) is 9.59 Å². The summed E-state index contributed by atoms with van der Waals surface area (Å²) < 4.78 is 0. The highest BCUT2D eigenvalue weighted by atomic mass is 32.1. The van der Waals surface area contributed by atoms with Gasteiger partial charge in [-0.25, -0.2) is 4.98 Å². The lowest BCUT2D eigenvalue weighted by Gasteiger charge is -2.32. The molecule has 2 heterocycles. The third-order valence-electron chi connectivity index (χ3n) is 5.37. The number of rotatable bonds is 6. The molecule has 4 rings (SSSR count). The number of amides is 2. The van der Waals surface area contributed by atoms with Crippen LogP contribution in [0, 0.1) is 5.92 Å². The van der Waals surface area contributed by atoms with Gasteiger partial charge in [-0.15, -0.1) is 11.3 Å². The summed E-state index contributed by atoms with van der Waals surface area (Å²) in [5.74, 6) is -0.438. The van der Waals surface area contributed by atoms with Gasteiger partial charge in [0.1, 0.15) is 5.69 Å². The van der Waals surface area contributed by atoms with Gasteiger partial charge in [0.15, 0.2) is 0 Å². The van der Waals surface area contributed by atoms with Crippen molar-refractivity contribution in [2.75, 3.05) is 23.3 Å². The van der Waals surface area contributed by atoms with Gasteiger partial charge in [0, 0.05) is 42.2 Å². The van der Waals surface area contributed by atoms with Gasteiger partial charge in [-0.3, -0.25) is 9.59 Å². The van der Waals surface area contributed by atoms with Gasteiger partial charge in [0.2, 0.25) is 5.91 Å². The Morgan fingerprint density at radius 3 is 2.43 bits per heavy atom. The van der Waals surface area contributed by atoms with E-state index >= 15 is 0 Å². The van der Waals surface area contributed by atoms with Gasteiger partial charge in [-0.05, 0) is 42.7 Å². The number of aromatic nitrogens is 1. The molecule has 6 nitrogen and oxygen atoms in total. The van der Waals surface area contributed by atoms with Gasteiger partial charge in [-0.1, -0.05) is 30.3 Å². The first-order chi connectivity index (χ1) is 14.6. The predicted molar refractivity (Wildman–Crippen MR) is 120 cm³/mol. The molecule has 30 heavy (non-hydrogen) atoms. The van der Waals surface area contributed by atoms with Crippen molar-refractivity contribution in [1.82, 2.24) is 4.98 Å². The van der Waals surface area contributed by atoms with Crippen LogP contribution in [-0.4, -0.2) is 29.9 Å². The lowest BCUT2D eigenvalue weighted by molar-refractivity contribution is -0.122. The first-order valence-corrected chi connectivity index (χ1v) is 10.9. The largest absolute Gasteiger partial charge is 0.371 e. The first-order valence-electron chi connectivity index (χ1n) is 10.0. The standard InChI is InChI=1S/C23H24N4O2S/c24-22(28)17-10-12-27(13-11-17)19-8-6-18(7-9-19)25-23(29)20-15-30-21(26-20)14-16-4-2-1-3-5-16/h1-9,15,17H,10-14H2,(H2,24,28)(H,25,29). The second kappa shape index (κ2) is 9.09. The molecule has 0 aliphatic carbocycles. The molecule has 2 aromatic carbocycles. The molecule has 0 saturated carbocycles. The maximum Gasteiger partial charge on any atom is 0.275 e. The number of hydrogen-bond acceptors (Lipinski definition) is 5. The number of nitrogens with two attached hydrogens (primary N) is 1. The van der Waals surface area contributed by atoms with Gasteiger partial charge >= 0.3 is 0 Å². The minimum absolute atomic E-state index is 0.0234. The normalized spacial score (nSPS) is 14.5. The van der Waals surface area contributed by atoms with Crippen LogP contribution in [0.25, 0.3) is 0 Å². The molecule has 1 aliphatic heterocycles. The molecule has 0 atom stereocenters. The first kappa shape index (κ1) is 20.1. The van der Waals surface area contributed by atoms with Crippen molar-refractivity contribution in [1.29, 1.82) is 0 Å². The topological polar surface area (TPSA) is 88.3 Å². The summed E-state index contributed by atoms with van der Waals surface area (Å²) in [6.45, 7) is 1.62. The fourth-order valence-corrected chi connectivity index (χ4v) is 4.45. The summed E-state index contributed by atoms with van der Waals surface area (Å²) >= 11 is 1.50. The predicted octanol–water partition coefficient (Wildman–Crippen LogP) is 3.69. The molecular weight excluding hydrogens is 396 g/mol. The summed E-state index contributed by atoms with van der Waals surface area (Å²) in [5.41, 5.74) is 8.82. The maximum atomic E-state index is 12.5. The Bertz CT molecular complexity index is 1010. The summed E-state index contributed by atoms with van der Waals surface area (Å²) in [4.78, 5) is 30.6. The summed E-state index contributed by atoms with van der Waals surface area (Å²) in [6, 6.07) is 17.9. The van der Waals surface area contributed by atoms with Crippen LogP contribution in [0.15, 0.2) is 60.0 Å². The maximum absolute atomic E-state index is 12.5. The number of nitrogens with zero attached hydrogens (tertiary/aromatic N) is 2. The number of hydrogen-bond donors (Lipinski definition) is 2. The Labute approximate surface area is 179 Å². The van der Waals surface area contributed by atoms with Crippen LogP contribution >= 0.6 is 11.3 Å². The number of anilines is 2. The molecule has 1 saturated heterocycles. The van der Waals surface area contributed by atoms with Crippen molar-refractivity contribution in [2.24, 2.45) is 11.7 Å². The van der Waals surface area contributed by atoms with E-state index in [0.29, 0.717) is 5.69 Å².